The van der Waals surface area contributed by atoms with Crippen LogP contribution in [0.5, 0.6) is 5.75 Å². The smallest absolute Gasteiger partial charge is 0.277 e. The van der Waals surface area contributed by atoms with E-state index in [-0.39, 0.29) is 17.3 Å². The maximum atomic E-state index is 11.7. The first-order chi connectivity index (χ1) is 13.5. The molecule has 3 rings (SSSR count). The van der Waals surface area contributed by atoms with Gasteiger partial charge in [-0.25, -0.2) is 5.43 Å². The quantitative estimate of drug-likeness (QED) is 0.366. The predicted octanol–water partition coefficient (Wildman–Crippen LogP) is 4.04. The van der Waals surface area contributed by atoms with Gasteiger partial charge in [0.05, 0.1) is 16.2 Å². The van der Waals surface area contributed by atoms with Gasteiger partial charge in [-0.05, 0) is 30.3 Å². The Balaban J connectivity index is 1.57. The van der Waals surface area contributed by atoms with Crippen LogP contribution in [0.2, 0.25) is 5.02 Å². The van der Waals surface area contributed by atoms with Crippen molar-refractivity contribution in [3.05, 3.63) is 81.6 Å². The van der Waals surface area contributed by atoms with E-state index in [1.165, 1.54) is 24.4 Å². The summed E-state index contributed by atoms with van der Waals surface area (Å²) in [5, 5.41) is 14.8. The second-order valence-electron chi connectivity index (χ2n) is 5.52. The monoisotopic (exact) mass is 399 g/mol. The highest BCUT2D eigenvalue weighted by Gasteiger charge is 2.13. The Morgan fingerprint density at radius 2 is 2.00 bits per heavy atom. The lowest BCUT2D eigenvalue weighted by Gasteiger charge is -2.03. The lowest BCUT2D eigenvalue weighted by atomic mass is 10.1. The number of nitro groups is 1. The van der Waals surface area contributed by atoms with E-state index >= 15 is 0 Å². The molecule has 142 valence electrons. The minimum Gasteiger partial charge on any atom is -0.484 e. The summed E-state index contributed by atoms with van der Waals surface area (Å²) in [5.74, 6) is 0.941. The SMILES string of the molecule is O=C(COc1ccccc1)N/N=C\c1ccc(-c2ccc([N+](=O)[O-])cc2Cl)o1. The first kappa shape index (κ1) is 19.1. The molecule has 1 amide bonds. The molecule has 9 heteroatoms. The highest BCUT2D eigenvalue weighted by molar-refractivity contribution is 6.33. The molecule has 0 atom stereocenters. The van der Waals surface area contributed by atoms with E-state index in [0.29, 0.717) is 22.8 Å². The summed E-state index contributed by atoms with van der Waals surface area (Å²) in [7, 11) is 0. The third kappa shape index (κ3) is 4.95. The van der Waals surface area contributed by atoms with Crippen LogP contribution >= 0.6 is 11.6 Å². The molecule has 1 heterocycles. The molecule has 0 unspecified atom stereocenters. The number of rotatable bonds is 7. The molecule has 3 aromatic rings. The number of non-ortho nitro benzene ring substituents is 1. The van der Waals surface area contributed by atoms with Crippen molar-refractivity contribution in [2.45, 2.75) is 0 Å². The number of nitrogens with one attached hydrogen (secondary N) is 1. The third-order valence-corrected chi connectivity index (χ3v) is 3.86. The van der Waals surface area contributed by atoms with Crippen LogP contribution in [0.15, 0.2) is 70.2 Å². The van der Waals surface area contributed by atoms with E-state index in [4.69, 9.17) is 20.8 Å². The van der Waals surface area contributed by atoms with Crippen LogP contribution in [-0.4, -0.2) is 23.7 Å². The summed E-state index contributed by atoms with van der Waals surface area (Å²) in [6.07, 6.45) is 1.32. The van der Waals surface area contributed by atoms with Crippen LogP contribution in [0.4, 0.5) is 5.69 Å². The Hall–Kier alpha value is -3.65. The van der Waals surface area contributed by atoms with Gasteiger partial charge in [0.15, 0.2) is 6.61 Å². The number of halogens is 1. The normalized spacial score (nSPS) is 10.8. The van der Waals surface area contributed by atoms with Gasteiger partial charge in [0, 0.05) is 17.7 Å². The molecule has 0 spiro atoms. The first-order valence-electron chi connectivity index (χ1n) is 8.07. The zero-order chi connectivity index (χ0) is 19.9. The number of benzene rings is 2. The number of carbonyl (C=O) groups is 1. The van der Waals surface area contributed by atoms with E-state index in [9.17, 15) is 14.9 Å². The summed E-state index contributed by atoms with van der Waals surface area (Å²) in [6.45, 7) is -0.177. The van der Waals surface area contributed by atoms with E-state index in [1.54, 1.807) is 36.4 Å². The molecular formula is C19H14ClN3O5. The van der Waals surface area contributed by atoms with Gasteiger partial charge in [-0.3, -0.25) is 14.9 Å². The molecule has 2 aromatic carbocycles. The van der Waals surface area contributed by atoms with Crippen molar-refractivity contribution in [1.29, 1.82) is 0 Å². The van der Waals surface area contributed by atoms with E-state index in [2.05, 4.69) is 10.5 Å². The Labute approximate surface area is 164 Å². The van der Waals surface area contributed by atoms with Gasteiger partial charge >= 0.3 is 0 Å². The third-order valence-electron chi connectivity index (χ3n) is 3.55. The highest BCUT2D eigenvalue weighted by atomic mass is 35.5. The molecule has 8 nitrogen and oxygen atoms in total. The number of nitrogens with zero attached hydrogens (tertiary/aromatic N) is 2. The molecule has 28 heavy (non-hydrogen) atoms. The fourth-order valence-electron chi connectivity index (χ4n) is 2.25. The summed E-state index contributed by atoms with van der Waals surface area (Å²) < 4.78 is 10.9. The van der Waals surface area contributed by atoms with Gasteiger partial charge in [-0.1, -0.05) is 29.8 Å². The van der Waals surface area contributed by atoms with Crippen molar-refractivity contribution in [2.75, 3.05) is 6.61 Å². The molecule has 0 fully saturated rings. The molecule has 0 aliphatic heterocycles. The minimum atomic E-state index is -0.528. The zero-order valence-electron chi connectivity index (χ0n) is 14.4. The number of nitro benzene ring substituents is 1. The Morgan fingerprint density at radius 1 is 1.21 bits per heavy atom. The number of hydrogen-bond acceptors (Lipinski definition) is 6. The Bertz CT molecular complexity index is 1020. The van der Waals surface area contributed by atoms with Crippen molar-refractivity contribution in [3.63, 3.8) is 0 Å². The molecule has 1 N–H and O–H groups in total. The maximum absolute atomic E-state index is 11.7. The number of ether oxygens (including phenoxy) is 1. The van der Waals surface area contributed by atoms with Gasteiger partial charge in [-0.15, -0.1) is 0 Å². The topological polar surface area (TPSA) is 107 Å². The molecule has 0 radical (unpaired) electrons. The number of carbonyl (C=O) groups excluding carboxylic acids is 1. The molecule has 0 aliphatic carbocycles. The fourth-order valence-corrected chi connectivity index (χ4v) is 2.52. The molecular weight excluding hydrogens is 386 g/mol. The number of furan rings is 1. The van der Waals surface area contributed by atoms with Crippen molar-refractivity contribution >= 4 is 29.4 Å². The van der Waals surface area contributed by atoms with Crippen LogP contribution in [0.3, 0.4) is 0 Å². The molecule has 1 aromatic heterocycles. The van der Waals surface area contributed by atoms with Crippen LogP contribution in [0, 0.1) is 10.1 Å². The number of para-hydroxylation sites is 1. The standard InChI is InChI=1S/C19H14ClN3O5/c20-17-10-13(23(25)26)6-8-16(17)18-9-7-15(28-18)11-21-22-19(24)12-27-14-4-2-1-3-5-14/h1-11H,12H2,(H,22,24)/b21-11-. The van der Waals surface area contributed by atoms with E-state index < -0.39 is 10.8 Å². The molecule has 0 bridgehead atoms. The van der Waals surface area contributed by atoms with E-state index in [1.807, 2.05) is 6.07 Å². The Kier molecular flexibility index (Phi) is 6.03. The summed E-state index contributed by atoms with van der Waals surface area (Å²) in [5.41, 5.74) is 2.72. The fraction of sp³-hybridized carbons (Fsp3) is 0.0526. The number of hydrazone groups is 1. The van der Waals surface area contributed by atoms with Crippen molar-refractivity contribution < 1.29 is 18.9 Å². The zero-order valence-corrected chi connectivity index (χ0v) is 15.1. The van der Waals surface area contributed by atoms with Crippen LogP contribution in [0.1, 0.15) is 5.76 Å². The predicted molar refractivity (Wildman–Crippen MR) is 103 cm³/mol. The van der Waals surface area contributed by atoms with E-state index in [0.717, 1.165) is 0 Å². The average Bonchev–Trinajstić information content (AvgIpc) is 3.15. The minimum absolute atomic E-state index is 0.109. The van der Waals surface area contributed by atoms with Crippen LogP contribution in [0.25, 0.3) is 11.3 Å². The van der Waals surface area contributed by atoms with Crippen LogP contribution < -0.4 is 10.2 Å². The van der Waals surface area contributed by atoms with Gasteiger partial charge < -0.3 is 9.15 Å². The van der Waals surface area contributed by atoms with Crippen molar-refractivity contribution in [2.24, 2.45) is 5.10 Å². The molecule has 0 saturated heterocycles. The highest BCUT2D eigenvalue weighted by Crippen LogP contribution is 2.31. The van der Waals surface area contributed by atoms with Gasteiger partial charge in [0.1, 0.15) is 17.3 Å². The Morgan fingerprint density at radius 3 is 2.71 bits per heavy atom. The number of hydrogen-bond donors (Lipinski definition) is 1. The first-order valence-corrected chi connectivity index (χ1v) is 8.44. The lowest BCUT2D eigenvalue weighted by Crippen LogP contribution is -2.24. The summed E-state index contributed by atoms with van der Waals surface area (Å²) in [4.78, 5) is 22.0. The number of amides is 1. The van der Waals surface area contributed by atoms with Gasteiger partial charge in [0.2, 0.25) is 0 Å². The van der Waals surface area contributed by atoms with Gasteiger partial charge in [-0.2, -0.15) is 5.10 Å². The summed E-state index contributed by atoms with van der Waals surface area (Å²) in [6, 6.07) is 16.3. The molecule has 0 saturated carbocycles. The summed E-state index contributed by atoms with van der Waals surface area (Å²) >= 11 is 6.08. The lowest BCUT2D eigenvalue weighted by molar-refractivity contribution is -0.384. The second-order valence-corrected chi connectivity index (χ2v) is 5.93. The largest absolute Gasteiger partial charge is 0.484 e. The molecule has 0 aliphatic rings. The van der Waals surface area contributed by atoms with Crippen LogP contribution in [-0.2, 0) is 4.79 Å². The van der Waals surface area contributed by atoms with Crippen molar-refractivity contribution in [1.82, 2.24) is 5.43 Å². The van der Waals surface area contributed by atoms with Gasteiger partial charge in [0.25, 0.3) is 11.6 Å². The average molecular weight is 400 g/mol. The maximum Gasteiger partial charge on any atom is 0.277 e. The second kappa shape index (κ2) is 8.83. The van der Waals surface area contributed by atoms with Crippen molar-refractivity contribution in [3.8, 4) is 17.1 Å².